The Kier molecular flexibility index (Phi) is 7.30. The lowest BCUT2D eigenvalue weighted by atomic mass is 9.96. The number of hydrogen-bond acceptors (Lipinski definition) is 8. The topological polar surface area (TPSA) is 93.0 Å². The molecule has 1 amide bonds. The van der Waals surface area contributed by atoms with E-state index in [2.05, 4.69) is 25.3 Å². The van der Waals surface area contributed by atoms with Crippen molar-refractivity contribution in [2.75, 3.05) is 57.9 Å². The second-order valence-electron chi connectivity index (χ2n) is 9.66. The molecule has 0 radical (unpaired) electrons. The summed E-state index contributed by atoms with van der Waals surface area (Å²) in [5, 5.41) is 7.36. The van der Waals surface area contributed by atoms with Crippen LogP contribution in [0.2, 0.25) is 0 Å². The van der Waals surface area contributed by atoms with Gasteiger partial charge in [0.2, 0.25) is 11.7 Å². The van der Waals surface area contributed by atoms with Gasteiger partial charge in [-0.05, 0) is 68.8 Å². The molecule has 0 aliphatic carbocycles. The van der Waals surface area contributed by atoms with Gasteiger partial charge in [-0.2, -0.15) is 4.98 Å². The van der Waals surface area contributed by atoms with Crippen LogP contribution in [0.15, 0.2) is 28.8 Å². The number of amides is 1. The maximum Gasteiger partial charge on any atom is 0.324 e. The van der Waals surface area contributed by atoms with Crippen LogP contribution in [0.25, 0.3) is 11.4 Å². The van der Waals surface area contributed by atoms with Crippen LogP contribution in [0.4, 0.5) is 6.01 Å². The third-order valence-corrected chi connectivity index (χ3v) is 7.43. The van der Waals surface area contributed by atoms with Crippen molar-refractivity contribution >= 4 is 11.9 Å². The zero-order chi connectivity index (χ0) is 23.3. The molecule has 9 heteroatoms. The van der Waals surface area contributed by atoms with E-state index in [1.807, 2.05) is 24.3 Å². The predicted molar refractivity (Wildman–Crippen MR) is 128 cm³/mol. The van der Waals surface area contributed by atoms with Gasteiger partial charge in [0, 0.05) is 50.3 Å². The fourth-order valence-electron chi connectivity index (χ4n) is 5.30. The Morgan fingerprint density at radius 1 is 1.15 bits per heavy atom. The molecule has 4 heterocycles. The van der Waals surface area contributed by atoms with Crippen LogP contribution in [-0.4, -0.2) is 80.0 Å². The summed E-state index contributed by atoms with van der Waals surface area (Å²) in [6, 6.07) is 8.66. The highest BCUT2D eigenvalue weighted by Gasteiger charge is 2.31. The number of carbonyl (C=O) groups is 1. The number of piperidine rings is 1. The molecule has 184 valence electrons. The number of methoxy groups -OCH3 is 1. The van der Waals surface area contributed by atoms with Gasteiger partial charge in [0.25, 0.3) is 0 Å². The molecule has 1 aromatic heterocycles. The van der Waals surface area contributed by atoms with Gasteiger partial charge in [-0.15, -0.1) is 0 Å². The molecule has 2 unspecified atom stereocenters. The Hall–Kier alpha value is -2.65. The summed E-state index contributed by atoms with van der Waals surface area (Å²) in [4.78, 5) is 22.0. The molecule has 3 saturated heterocycles. The molecule has 0 saturated carbocycles. The van der Waals surface area contributed by atoms with E-state index in [9.17, 15) is 4.79 Å². The molecule has 0 spiro atoms. The summed E-state index contributed by atoms with van der Waals surface area (Å²) >= 11 is 0. The second-order valence-corrected chi connectivity index (χ2v) is 9.66. The number of hydrogen-bond donors (Lipinski definition) is 1. The Balaban J connectivity index is 1.05. The minimum absolute atomic E-state index is 0.0458. The number of carbonyl (C=O) groups excluding carboxylic acids is 1. The van der Waals surface area contributed by atoms with Gasteiger partial charge in [0.15, 0.2) is 0 Å². The second kappa shape index (κ2) is 10.7. The number of aromatic nitrogens is 2. The fraction of sp³-hybridized carbons (Fsp3) is 0.640. The van der Waals surface area contributed by atoms with Crippen molar-refractivity contribution in [1.82, 2.24) is 20.4 Å². The number of ether oxygens (including phenoxy) is 2. The highest BCUT2D eigenvalue weighted by molar-refractivity contribution is 5.79. The van der Waals surface area contributed by atoms with E-state index in [0.29, 0.717) is 23.8 Å². The largest absolute Gasteiger partial charge is 0.497 e. The van der Waals surface area contributed by atoms with Crippen LogP contribution in [0.3, 0.4) is 0 Å². The first-order chi connectivity index (χ1) is 16.7. The normalized spacial score (nSPS) is 24.3. The molecule has 0 bridgehead atoms. The van der Waals surface area contributed by atoms with Crippen molar-refractivity contribution in [1.29, 1.82) is 0 Å². The van der Waals surface area contributed by atoms with E-state index >= 15 is 0 Å². The number of benzene rings is 1. The highest BCUT2D eigenvalue weighted by Crippen LogP contribution is 2.26. The van der Waals surface area contributed by atoms with Gasteiger partial charge < -0.3 is 24.2 Å². The molecule has 1 aromatic carbocycles. The maximum absolute atomic E-state index is 12.8. The van der Waals surface area contributed by atoms with Crippen LogP contribution in [0.1, 0.15) is 32.1 Å². The van der Waals surface area contributed by atoms with Crippen molar-refractivity contribution < 1.29 is 18.8 Å². The molecule has 2 aromatic rings. The molecule has 9 nitrogen and oxygen atoms in total. The average Bonchev–Trinajstić information content (AvgIpc) is 3.58. The SMILES string of the molecule is COc1ccc(-c2noc(N3CCC(C(=O)NCC4CCN(C5CCCOC5)C4)CC3)n2)cc1. The zero-order valence-electron chi connectivity index (χ0n) is 19.9. The summed E-state index contributed by atoms with van der Waals surface area (Å²) in [5.74, 6) is 2.12. The summed E-state index contributed by atoms with van der Waals surface area (Å²) in [6.45, 7) is 6.20. The van der Waals surface area contributed by atoms with E-state index in [1.54, 1.807) is 7.11 Å². The van der Waals surface area contributed by atoms with E-state index in [1.165, 1.54) is 6.42 Å². The quantitative estimate of drug-likeness (QED) is 0.662. The summed E-state index contributed by atoms with van der Waals surface area (Å²) in [5.41, 5.74) is 0.881. The van der Waals surface area contributed by atoms with Gasteiger partial charge in [-0.3, -0.25) is 9.69 Å². The van der Waals surface area contributed by atoms with Crippen LogP contribution in [0, 0.1) is 11.8 Å². The minimum Gasteiger partial charge on any atom is -0.497 e. The lowest BCUT2D eigenvalue weighted by Crippen LogP contribution is -2.43. The Morgan fingerprint density at radius 2 is 1.97 bits per heavy atom. The van der Waals surface area contributed by atoms with E-state index in [-0.39, 0.29) is 11.8 Å². The first-order valence-corrected chi connectivity index (χ1v) is 12.5. The van der Waals surface area contributed by atoms with E-state index in [4.69, 9.17) is 14.0 Å². The number of nitrogens with zero attached hydrogens (tertiary/aromatic N) is 4. The van der Waals surface area contributed by atoms with Gasteiger partial charge in [-0.25, -0.2) is 0 Å². The monoisotopic (exact) mass is 469 g/mol. The smallest absolute Gasteiger partial charge is 0.324 e. The summed E-state index contributed by atoms with van der Waals surface area (Å²) < 4.78 is 16.3. The Bertz CT molecular complexity index is 935. The summed E-state index contributed by atoms with van der Waals surface area (Å²) in [7, 11) is 1.64. The summed E-state index contributed by atoms with van der Waals surface area (Å²) in [6.07, 6.45) is 5.14. The van der Waals surface area contributed by atoms with Crippen LogP contribution >= 0.6 is 0 Å². The third-order valence-electron chi connectivity index (χ3n) is 7.43. The molecule has 3 fully saturated rings. The van der Waals surface area contributed by atoms with Crippen molar-refractivity contribution in [3.05, 3.63) is 24.3 Å². The fourth-order valence-corrected chi connectivity index (χ4v) is 5.30. The molecule has 34 heavy (non-hydrogen) atoms. The van der Waals surface area contributed by atoms with Gasteiger partial charge in [0.1, 0.15) is 5.75 Å². The number of rotatable bonds is 7. The average molecular weight is 470 g/mol. The van der Waals surface area contributed by atoms with Crippen LogP contribution in [0.5, 0.6) is 5.75 Å². The third kappa shape index (κ3) is 5.36. The highest BCUT2D eigenvalue weighted by atomic mass is 16.5. The van der Waals surface area contributed by atoms with Crippen molar-refractivity contribution in [3.63, 3.8) is 0 Å². The molecule has 1 N–H and O–H groups in total. The number of anilines is 1. The first-order valence-electron chi connectivity index (χ1n) is 12.5. The zero-order valence-corrected chi connectivity index (χ0v) is 19.9. The molecule has 3 aliphatic rings. The number of nitrogens with one attached hydrogen (secondary N) is 1. The lowest BCUT2D eigenvalue weighted by Gasteiger charge is -2.31. The van der Waals surface area contributed by atoms with E-state index < -0.39 is 0 Å². The Morgan fingerprint density at radius 3 is 2.71 bits per heavy atom. The minimum atomic E-state index is 0.0458. The van der Waals surface area contributed by atoms with Crippen molar-refractivity contribution in [2.45, 2.75) is 38.1 Å². The van der Waals surface area contributed by atoms with Crippen molar-refractivity contribution in [3.8, 4) is 17.1 Å². The molecule has 3 aliphatic heterocycles. The predicted octanol–water partition coefficient (Wildman–Crippen LogP) is 2.58. The lowest BCUT2D eigenvalue weighted by molar-refractivity contribution is -0.125. The first kappa shape index (κ1) is 23.1. The number of likely N-dealkylation sites (tertiary alicyclic amines) is 1. The standard InChI is InChI=1S/C25H35N5O4/c1-32-22-6-4-19(5-7-22)23-27-25(34-28-23)29-12-9-20(10-13-29)24(31)26-15-18-8-11-30(16-18)21-3-2-14-33-17-21/h4-7,18,20-21H,2-3,8-17H2,1H3,(H,26,31). The van der Waals surface area contributed by atoms with Gasteiger partial charge >= 0.3 is 6.01 Å². The van der Waals surface area contributed by atoms with E-state index in [0.717, 1.165) is 82.9 Å². The molecular formula is C25H35N5O4. The van der Waals surface area contributed by atoms with Crippen LogP contribution in [-0.2, 0) is 9.53 Å². The molecular weight excluding hydrogens is 434 g/mol. The van der Waals surface area contributed by atoms with Crippen molar-refractivity contribution in [2.24, 2.45) is 11.8 Å². The van der Waals surface area contributed by atoms with Gasteiger partial charge in [0.05, 0.1) is 13.7 Å². The Labute approximate surface area is 200 Å². The molecule has 2 atom stereocenters. The van der Waals surface area contributed by atoms with Gasteiger partial charge in [-0.1, -0.05) is 5.16 Å². The van der Waals surface area contributed by atoms with Crippen LogP contribution < -0.4 is 15.0 Å². The molecule has 5 rings (SSSR count). The maximum atomic E-state index is 12.8.